The Morgan fingerprint density at radius 1 is 1.21 bits per heavy atom. The molecule has 14 heavy (non-hydrogen) atoms. The predicted octanol–water partition coefficient (Wildman–Crippen LogP) is 2.56. The highest BCUT2D eigenvalue weighted by atomic mass is 35.5. The van der Waals surface area contributed by atoms with Crippen LogP contribution in [0.1, 0.15) is 24.5 Å². The molecule has 0 aliphatic heterocycles. The largest absolute Gasteiger partial charge is 0.264 e. The first kappa shape index (κ1) is 8.12. The van der Waals surface area contributed by atoms with Crippen LogP contribution in [0.4, 0.5) is 0 Å². The van der Waals surface area contributed by atoms with E-state index in [9.17, 15) is 0 Å². The summed E-state index contributed by atoms with van der Waals surface area (Å²) in [4.78, 5) is 4.10. The zero-order valence-corrected chi connectivity index (χ0v) is 8.20. The third kappa shape index (κ3) is 1.16. The van der Waals surface area contributed by atoms with Gasteiger partial charge in [-0.1, -0.05) is 11.6 Å². The minimum Gasteiger partial charge on any atom is -0.264 e. The summed E-state index contributed by atoms with van der Waals surface area (Å²) in [6, 6.07) is 1.89. The summed E-state index contributed by atoms with van der Waals surface area (Å²) in [5, 5.41) is 10.6. The van der Waals surface area contributed by atoms with E-state index >= 15 is 0 Å². The van der Waals surface area contributed by atoms with Crippen LogP contribution in [0.5, 0.6) is 0 Å². The smallest absolute Gasteiger partial charge is 0.159 e. The molecule has 0 amide bonds. The first-order valence-corrected chi connectivity index (χ1v) is 5.00. The average molecular weight is 206 g/mol. The van der Waals surface area contributed by atoms with Crippen LogP contribution in [0.3, 0.4) is 0 Å². The number of pyridine rings is 1. The molecule has 1 fully saturated rings. The second-order valence-corrected chi connectivity index (χ2v) is 3.93. The van der Waals surface area contributed by atoms with E-state index in [4.69, 9.17) is 11.6 Å². The maximum absolute atomic E-state index is 5.95. The lowest BCUT2D eigenvalue weighted by Crippen LogP contribution is -1.94. The normalized spacial score (nSPS) is 16.1. The molecule has 0 spiro atoms. The molecule has 0 bridgehead atoms. The minimum atomic E-state index is 0.465. The summed E-state index contributed by atoms with van der Waals surface area (Å²) >= 11 is 5.95. The Hall–Kier alpha value is -1.22. The van der Waals surface area contributed by atoms with Crippen molar-refractivity contribution in [1.82, 2.24) is 15.2 Å². The van der Waals surface area contributed by atoms with Gasteiger partial charge in [-0.05, 0) is 18.9 Å². The molecule has 0 atom stereocenters. The number of halogens is 1. The molecule has 0 N–H and O–H groups in total. The molecule has 70 valence electrons. The lowest BCUT2D eigenvalue weighted by Gasteiger charge is -2.03. The number of rotatable bonds is 1. The van der Waals surface area contributed by atoms with Crippen molar-refractivity contribution < 1.29 is 0 Å². The molecule has 2 aromatic heterocycles. The molecule has 2 aromatic rings. The molecule has 3 nitrogen and oxygen atoms in total. The molecule has 1 saturated carbocycles. The van der Waals surface area contributed by atoms with Gasteiger partial charge in [0.2, 0.25) is 0 Å². The second kappa shape index (κ2) is 2.89. The van der Waals surface area contributed by atoms with Crippen molar-refractivity contribution >= 4 is 22.4 Å². The molecule has 0 radical (unpaired) electrons. The van der Waals surface area contributed by atoms with Crippen LogP contribution < -0.4 is 0 Å². The van der Waals surface area contributed by atoms with E-state index < -0.39 is 0 Å². The summed E-state index contributed by atoms with van der Waals surface area (Å²) < 4.78 is 0. The zero-order valence-electron chi connectivity index (χ0n) is 7.44. The summed E-state index contributed by atoms with van der Waals surface area (Å²) in [5.41, 5.74) is 1.05. The van der Waals surface area contributed by atoms with Crippen LogP contribution >= 0.6 is 11.6 Å². The number of aromatic nitrogens is 3. The van der Waals surface area contributed by atoms with Crippen molar-refractivity contribution in [3.8, 4) is 0 Å². The van der Waals surface area contributed by atoms with Gasteiger partial charge in [-0.25, -0.2) is 0 Å². The fourth-order valence-electron chi connectivity index (χ4n) is 1.64. The van der Waals surface area contributed by atoms with Gasteiger partial charge in [0.05, 0.1) is 5.69 Å². The Morgan fingerprint density at radius 3 is 2.86 bits per heavy atom. The van der Waals surface area contributed by atoms with Gasteiger partial charge in [-0.2, -0.15) is 5.10 Å². The van der Waals surface area contributed by atoms with E-state index in [-0.39, 0.29) is 0 Å². The first-order valence-electron chi connectivity index (χ1n) is 4.62. The van der Waals surface area contributed by atoms with Crippen molar-refractivity contribution in [2.24, 2.45) is 0 Å². The first-order chi connectivity index (χ1) is 6.86. The molecule has 0 saturated heterocycles. The molecule has 1 aliphatic rings. The van der Waals surface area contributed by atoms with Gasteiger partial charge < -0.3 is 0 Å². The van der Waals surface area contributed by atoms with Crippen molar-refractivity contribution in [3.63, 3.8) is 0 Å². The predicted molar refractivity (Wildman–Crippen MR) is 54.3 cm³/mol. The summed E-state index contributed by atoms with van der Waals surface area (Å²) in [6.07, 6.45) is 5.97. The number of hydrogen-bond donors (Lipinski definition) is 0. The molecule has 2 heterocycles. The SMILES string of the molecule is Clc1nnc(C2CC2)c2cnccc12. The highest BCUT2D eigenvalue weighted by molar-refractivity contribution is 6.34. The van der Waals surface area contributed by atoms with Crippen LogP contribution in [-0.4, -0.2) is 15.2 Å². The molecule has 0 unspecified atom stereocenters. The van der Waals surface area contributed by atoms with E-state index in [2.05, 4.69) is 15.2 Å². The van der Waals surface area contributed by atoms with Gasteiger partial charge in [-0.15, -0.1) is 5.10 Å². The summed E-state index contributed by atoms with van der Waals surface area (Å²) in [5.74, 6) is 0.575. The summed E-state index contributed by atoms with van der Waals surface area (Å²) in [7, 11) is 0. The molecular formula is C10H8ClN3. The Morgan fingerprint density at radius 2 is 2.07 bits per heavy atom. The van der Waals surface area contributed by atoms with Gasteiger partial charge in [-0.3, -0.25) is 4.98 Å². The Bertz CT molecular complexity index is 494. The molecular weight excluding hydrogens is 198 g/mol. The maximum atomic E-state index is 5.95. The van der Waals surface area contributed by atoms with Gasteiger partial charge in [0.1, 0.15) is 0 Å². The van der Waals surface area contributed by atoms with Crippen molar-refractivity contribution in [3.05, 3.63) is 29.3 Å². The van der Waals surface area contributed by atoms with Crippen LogP contribution in [0, 0.1) is 0 Å². The number of fused-ring (bicyclic) bond motifs is 1. The van der Waals surface area contributed by atoms with Crippen LogP contribution in [0.25, 0.3) is 10.8 Å². The molecule has 4 heteroatoms. The van der Waals surface area contributed by atoms with Gasteiger partial charge in [0.15, 0.2) is 5.15 Å². The monoisotopic (exact) mass is 205 g/mol. The summed E-state index contributed by atoms with van der Waals surface area (Å²) in [6.45, 7) is 0. The van der Waals surface area contributed by atoms with Crippen molar-refractivity contribution in [2.75, 3.05) is 0 Å². The van der Waals surface area contributed by atoms with Gasteiger partial charge in [0, 0.05) is 29.1 Å². The van der Waals surface area contributed by atoms with Crippen molar-refractivity contribution in [1.29, 1.82) is 0 Å². The van der Waals surface area contributed by atoms with E-state index in [1.165, 1.54) is 12.8 Å². The average Bonchev–Trinajstić information content (AvgIpc) is 3.03. The fraction of sp³-hybridized carbons (Fsp3) is 0.300. The fourth-order valence-corrected chi connectivity index (χ4v) is 1.84. The zero-order chi connectivity index (χ0) is 9.54. The second-order valence-electron chi connectivity index (χ2n) is 3.57. The third-order valence-corrected chi connectivity index (χ3v) is 2.81. The quantitative estimate of drug-likeness (QED) is 0.718. The maximum Gasteiger partial charge on any atom is 0.159 e. The lowest BCUT2D eigenvalue weighted by atomic mass is 10.1. The minimum absolute atomic E-state index is 0.465. The molecule has 0 aromatic carbocycles. The van der Waals surface area contributed by atoms with Crippen LogP contribution in [-0.2, 0) is 0 Å². The Kier molecular flexibility index (Phi) is 1.67. The Balaban J connectivity index is 2.35. The number of nitrogens with zero attached hydrogens (tertiary/aromatic N) is 3. The highest BCUT2D eigenvalue weighted by Crippen LogP contribution is 2.42. The Labute approximate surface area is 86.1 Å². The van der Waals surface area contributed by atoms with Crippen molar-refractivity contribution in [2.45, 2.75) is 18.8 Å². The van der Waals surface area contributed by atoms with Gasteiger partial charge >= 0.3 is 0 Å². The topological polar surface area (TPSA) is 38.7 Å². The van der Waals surface area contributed by atoms with Gasteiger partial charge in [0.25, 0.3) is 0 Å². The molecule has 3 rings (SSSR count). The van der Waals surface area contributed by atoms with Crippen LogP contribution in [0.15, 0.2) is 18.5 Å². The van der Waals surface area contributed by atoms with E-state index in [0.29, 0.717) is 11.1 Å². The van der Waals surface area contributed by atoms with Crippen LogP contribution in [0.2, 0.25) is 5.15 Å². The van der Waals surface area contributed by atoms with E-state index in [1.54, 1.807) is 6.20 Å². The third-order valence-electron chi connectivity index (χ3n) is 2.53. The lowest BCUT2D eigenvalue weighted by molar-refractivity contribution is 0.930. The standard InChI is InChI=1S/C10H8ClN3/c11-10-7-3-4-12-5-8(7)9(13-14-10)6-1-2-6/h3-6H,1-2H2. The highest BCUT2D eigenvalue weighted by Gasteiger charge is 2.27. The van der Waals surface area contributed by atoms with E-state index in [0.717, 1.165) is 16.5 Å². The number of hydrogen-bond acceptors (Lipinski definition) is 3. The molecule has 1 aliphatic carbocycles. The van der Waals surface area contributed by atoms with E-state index in [1.807, 2.05) is 12.3 Å².